The minimum Gasteiger partial charge on any atom is -0.309 e. The molecule has 0 aliphatic rings. The van der Waals surface area contributed by atoms with Gasteiger partial charge >= 0.3 is 0 Å². The van der Waals surface area contributed by atoms with Crippen molar-refractivity contribution in [1.29, 1.82) is 0 Å². The van der Waals surface area contributed by atoms with Crippen LogP contribution in [0.1, 0.15) is 29.3 Å². The molecule has 4 nitrogen and oxygen atoms in total. The molecule has 11 rings (SSSR count). The lowest BCUT2D eigenvalue weighted by atomic mass is 9.97. The zero-order valence-corrected chi connectivity index (χ0v) is 34.8. The molecule has 0 amide bonds. The maximum absolute atomic E-state index is 5.36. The summed E-state index contributed by atoms with van der Waals surface area (Å²) in [6.07, 6.45) is 2.89. The summed E-state index contributed by atoms with van der Waals surface area (Å²) in [5.41, 5.74) is 20.5. The highest BCUT2D eigenvalue weighted by Crippen LogP contribution is 2.40. The number of benzene rings is 7. The van der Waals surface area contributed by atoms with E-state index in [1.165, 1.54) is 71.4 Å². The van der Waals surface area contributed by atoms with E-state index in [0.29, 0.717) is 0 Å². The largest absolute Gasteiger partial charge is 0.309 e. The number of nitrogens with zero attached hydrogens (tertiary/aromatic N) is 4. The molecule has 0 saturated heterocycles. The van der Waals surface area contributed by atoms with Crippen molar-refractivity contribution in [3.05, 3.63) is 205 Å². The molecular formula is C57H44N4. The van der Waals surface area contributed by atoms with Crippen molar-refractivity contribution in [3.63, 3.8) is 0 Å². The number of aryl methyl sites for hydroxylation is 4. The third-order valence-corrected chi connectivity index (χ3v) is 12.5. The smallest absolute Gasteiger partial charge is 0.0729 e. The summed E-state index contributed by atoms with van der Waals surface area (Å²) in [5.74, 6) is 0. The van der Waals surface area contributed by atoms with Gasteiger partial charge in [-0.25, -0.2) is 0 Å². The summed E-state index contributed by atoms with van der Waals surface area (Å²) in [4.78, 5) is 10.4. The van der Waals surface area contributed by atoms with Gasteiger partial charge in [-0.05, 0) is 116 Å². The molecule has 7 aromatic carbocycles. The van der Waals surface area contributed by atoms with Crippen molar-refractivity contribution in [2.75, 3.05) is 0 Å². The third-order valence-electron chi connectivity index (χ3n) is 12.5. The lowest BCUT2D eigenvalue weighted by molar-refractivity contribution is 1.09. The molecule has 0 unspecified atom stereocenters. The minimum absolute atomic E-state index is 0.892. The van der Waals surface area contributed by atoms with E-state index in [2.05, 4.69) is 213 Å². The van der Waals surface area contributed by atoms with Crippen molar-refractivity contribution in [2.45, 2.75) is 34.1 Å². The molecule has 0 spiro atoms. The first-order valence-corrected chi connectivity index (χ1v) is 21.2. The summed E-state index contributed by atoms with van der Waals surface area (Å²) in [7, 11) is 0. The van der Waals surface area contributed by atoms with Crippen molar-refractivity contribution in [3.8, 4) is 56.1 Å². The van der Waals surface area contributed by atoms with E-state index in [0.717, 1.165) is 57.1 Å². The van der Waals surface area contributed by atoms with Gasteiger partial charge in [0.05, 0.1) is 39.1 Å². The fourth-order valence-electron chi connectivity index (χ4n) is 9.51. The van der Waals surface area contributed by atoms with Crippen molar-refractivity contribution < 1.29 is 0 Å². The summed E-state index contributed by atoms with van der Waals surface area (Å²) in [6.45, 7) is 8.68. The number of aromatic nitrogens is 4. The molecule has 0 fully saturated rings. The Balaban J connectivity index is 0.968. The Morgan fingerprint density at radius 2 is 1.13 bits per heavy atom. The van der Waals surface area contributed by atoms with E-state index in [1.807, 2.05) is 6.20 Å². The first-order valence-electron chi connectivity index (χ1n) is 21.2. The number of rotatable bonds is 7. The summed E-state index contributed by atoms with van der Waals surface area (Å²) >= 11 is 0. The van der Waals surface area contributed by atoms with Crippen LogP contribution in [0.25, 0.3) is 99.8 Å². The molecule has 0 bridgehead atoms. The van der Waals surface area contributed by atoms with Gasteiger partial charge in [-0.3, -0.25) is 9.97 Å². The molecule has 4 heteroatoms. The SMILES string of the molecule is CCc1cccc(-n2c3ccccc3c3cc(-c4ccccc4)ccc32)c1-c1ccc(-c2ccc(-c3cc(-n4c5ccccc5c5cc(C)ccc54)ccc3C)nc2)c(C)n1. The van der Waals surface area contributed by atoms with E-state index in [-0.39, 0.29) is 0 Å². The molecule has 11 aromatic rings. The minimum atomic E-state index is 0.892. The number of para-hydroxylation sites is 2. The molecule has 0 atom stereocenters. The van der Waals surface area contributed by atoms with Gasteiger partial charge in [0.25, 0.3) is 0 Å². The van der Waals surface area contributed by atoms with Crippen LogP contribution in [-0.2, 0) is 6.42 Å². The number of hydrogen-bond donors (Lipinski definition) is 0. The summed E-state index contributed by atoms with van der Waals surface area (Å²) in [5, 5.41) is 5.01. The average Bonchev–Trinajstić information content (AvgIpc) is 3.81. The zero-order valence-electron chi connectivity index (χ0n) is 34.8. The van der Waals surface area contributed by atoms with Gasteiger partial charge in [0.1, 0.15) is 0 Å². The van der Waals surface area contributed by atoms with Gasteiger partial charge in [-0.1, -0.05) is 122 Å². The molecule has 61 heavy (non-hydrogen) atoms. The van der Waals surface area contributed by atoms with Crippen LogP contribution in [0.2, 0.25) is 0 Å². The van der Waals surface area contributed by atoms with Gasteiger partial charge in [0.2, 0.25) is 0 Å². The van der Waals surface area contributed by atoms with E-state index >= 15 is 0 Å². The lowest BCUT2D eigenvalue weighted by Crippen LogP contribution is -2.02. The fraction of sp³-hybridized carbons (Fsp3) is 0.0877. The van der Waals surface area contributed by atoms with Gasteiger partial charge < -0.3 is 9.13 Å². The Labute approximate surface area is 356 Å². The first kappa shape index (κ1) is 36.5. The van der Waals surface area contributed by atoms with Crippen LogP contribution >= 0.6 is 0 Å². The Morgan fingerprint density at radius 3 is 1.89 bits per heavy atom. The number of pyridine rings is 2. The van der Waals surface area contributed by atoms with Gasteiger partial charge in [0, 0.05) is 61.4 Å². The van der Waals surface area contributed by atoms with Crippen molar-refractivity contribution in [2.24, 2.45) is 0 Å². The second-order valence-electron chi connectivity index (χ2n) is 16.2. The number of hydrogen-bond acceptors (Lipinski definition) is 2. The predicted octanol–water partition coefficient (Wildman–Crippen LogP) is 14.8. The normalized spacial score (nSPS) is 11.7. The Bertz CT molecular complexity index is 3480. The first-order chi connectivity index (χ1) is 29.9. The van der Waals surface area contributed by atoms with Crippen LogP contribution < -0.4 is 0 Å². The van der Waals surface area contributed by atoms with E-state index in [4.69, 9.17) is 9.97 Å². The van der Waals surface area contributed by atoms with Gasteiger partial charge in [-0.15, -0.1) is 0 Å². The highest BCUT2D eigenvalue weighted by molar-refractivity contribution is 6.11. The van der Waals surface area contributed by atoms with Crippen LogP contribution in [0, 0.1) is 20.8 Å². The Morgan fingerprint density at radius 1 is 0.459 bits per heavy atom. The van der Waals surface area contributed by atoms with Gasteiger partial charge in [-0.2, -0.15) is 0 Å². The van der Waals surface area contributed by atoms with E-state index in [1.54, 1.807) is 0 Å². The Hall–Kier alpha value is -7.56. The zero-order chi connectivity index (χ0) is 41.2. The summed E-state index contributed by atoms with van der Waals surface area (Å²) < 4.78 is 4.81. The molecule has 0 N–H and O–H groups in total. The second kappa shape index (κ2) is 14.6. The molecule has 0 radical (unpaired) electrons. The predicted molar refractivity (Wildman–Crippen MR) is 256 cm³/mol. The monoisotopic (exact) mass is 784 g/mol. The quantitative estimate of drug-likeness (QED) is 0.161. The summed E-state index contributed by atoms with van der Waals surface area (Å²) in [6, 6.07) is 63.8. The molecule has 292 valence electrons. The average molecular weight is 785 g/mol. The Kier molecular flexibility index (Phi) is 8.75. The fourth-order valence-corrected chi connectivity index (χ4v) is 9.51. The van der Waals surface area contributed by atoms with Crippen LogP contribution in [0.4, 0.5) is 0 Å². The molecule has 0 saturated carbocycles. The van der Waals surface area contributed by atoms with Gasteiger partial charge in [0.15, 0.2) is 0 Å². The molecule has 0 aliphatic carbocycles. The van der Waals surface area contributed by atoms with Crippen LogP contribution in [0.15, 0.2) is 182 Å². The van der Waals surface area contributed by atoms with Crippen LogP contribution in [0.5, 0.6) is 0 Å². The molecular weight excluding hydrogens is 741 g/mol. The highest BCUT2D eigenvalue weighted by atomic mass is 15.0. The van der Waals surface area contributed by atoms with Crippen LogP contribution in [0.3, 0.4) is 0 Å². The second-order valence-corrected chi connectivity index (χ2v) is 16.2. The lowest BCUT2D eigenvalue weighted by Gasteiger charge is -2.18. The molecule has 0 aliphatic heterocycles. The third kappa shape index (κ3) is 6.05. The van der Waals surface area contributed by atoms with Crippen molar-refractivity contribution >= 4 is 43.6 Å². The van der Waals surface area contributed by atoms with Crippen LogP contribution in [-0.4, -0.2) is 19.1 Å². The van der Waals surface area contributed by atoms with E-state index < -0.39 is 0 Å². The number of fused-ring (bicyclic) bond motifs is 6. The maximum Gasteiger partial charge on any atom is 0.0729 e. The molecule has 4 aromatic heterocycles. The van der Waals surface area contributed by atoms with Crippen molar-refractivity contribution in [1.82, 2.24) is 19.1 Å². The highest BCUT2D eigenvalue weighted by Gasteiger charge is 2.20. The topological polar surface area (TPSA) is 35.6 Å². The van der Waals surface area contributed by atoms with E-state index in [9.17, 15) is 0 Å². The standard InChI is InChI=1S/C57H44N4/c1-5-39-16-13-21-56(61-53-20-12-10-18-46(53)49-33-41(25-31-55(49)61)40-14-7-6-8-15-40)57(39)51-29-27-44(38(4)59-51)42-24-28-50(58-35-42)47-34-43(26-23-37(47)3)60-52-19-11-9-17-45(52)48-32-36(2)22-30-54(48)60/h6-35H,5H2,1-4H3. The molecule has 4 heterocycles. The maximum atomic E-state index is 5.36.